The average molecular weight is 271 g/mol. The van der Waals surface area contributed by atoms with Crippen molar-refractivity contribution in [2.45, 2.75) is 12.3 Å². The zero-order valence-electron chi connectivity index (χ0n) is 10.7. The summed E-state index contributed by atoms with van der Waals surface area (Å²) in [6.45, 7) is 0.603. The van der Waals surface area contributed by atoms with Crippen LogP contribution in [0.25, 0.3) is 0 Å². The zero-order valence-corrected chi connectivity index (χ0v) is 11.5. The van der Waals surface area contributed by atoms with Gasteiger partial charge in [-0.1, -0.05) is 60.7 Å². The highest BCUT2D eigenvalue weighted by atomic mass is 32.2. The molecule has 1 amide bonds. The van der Waals surface area contributed by atoms with E-state index in [2.05, 4.69) is 17.4 Å². The molecule has 0 fully saturated rings. The topological polar surface area (TPSA) is 29.1 Å². The fraction of sp³-hybridized carbons (Fsp3) is 0.188. The molecule has 2 aromatic rings. The standard InChI is InChI=1S/C16H17NOS/c18-16(17-11-14-7-3-1-4-8-14)13-19-12-15-9-5-2-6-10-15/h1-10H,11-13H2,(H,17,18). The molecule has 0 aliphatic heterocycles. The predicted molar refractivity (Wildman–Crippen MR) is 80.9 cm³/mol. The summed E-state index contributed by atoms with van der Waals surface area (Å²) in [4.78, 5) is 11.7. The Labute approximate surface area is 118 Å². The van der Waals surface area contributed by atoms with Gasteiger partial charge in [-0.3, -0.25) is 4.79 Å². The van der Waals surface area contributed by atoms with Crippen molar-refractivity contribution in [2.24, 2.45) is 0 Å². The van der Waals surface area contributed by atoms with E-state index in [1.54, 1.807) is 11.8 Å². The first kappa shape index (κ1) is 13.7. The quantitative estimate of drug-likeness (QED) is 0.874. The Bertz CT molecular complexity index is 499. The summed E-state index contributed by atoms with van der Waals surface area (Å²) in [5.41, 5.74) is 2.38. The molecule has 0 bridgehead atoms. The molecule has 0 saturated carbocycles. The van der Waals surface area contributed by atoms with Crippen LogP contribution in [0.15, 0.2) is 60.7 Å². The third kappa shape index (κ3) is 5.18. The fourth-order valence-corrected chi connectivity index (χ4v) is 2.50. The molecule has 2 aromatic carbocycles. The monoisotopic (exact) mass is 271 g/mol. The van der Waals surface area contributed by atoms with Crippen LogP contribution in [-0.4, -0.2) is 11.7 Å². The molecule has 0 heterocycles. The Morgan fingerprint density at radius 1 is 0.895 bits per heavy atom. The molecule has 2 rings (SSSR count). The number of amides is 1. The first-order valence-corrected chi connectivity index (χ1v) is 7.42. The van der Waals surface area contributed by atoms with Crippen LogP contribution in [0, 0.1) is 0 Å². The number of hydrogen-bond acceptors (Lipinski definition) is 2. The van der Waals surface area contributed by atoms with E-state index in [-0.39, 0.29) is 5.91 Å². The van der Waals surface area contributed by atoms with Crippen molar-refractivity contribution in [3.8, 4) is 0 Å². The van der Waals surface area contributed by atoms with Crippen molar-refractivity contribution >= 4 is 17.7 Å². The van der Waals surface area contributed by atoms with Gasteiger partial charge in [0.2, 0.25) is 5.91 Å². The third-order valence-electron chi connectivity index (χ3n) is 2.68. The fourth-order valence-electron chi connectivity index (χ4n) is 1.68. The smallest absolute Gasteiger partial charge is 0.230 e. The average Bonchev–Trinajstić information content (AvgIpc) is 2.47. The summed E-state index contributed by atoms with van der Waals surface area (Å²) in [7, 11) is 0. The highest BCUT2D eigenvalue weighted by Gasteiger charge is 2.01. The second-order valence-corrected chi connectivity index (χ2v) is 5.23. The van der Waals surface area contributed by atoms with Crippen LogP contribution >= 0.6 is 11.8 Å². The molecule has 0 spiro atoms. The van der Waals surface area contributed by atoms with Crippen LogP contribution < -0.4 is 5.32 Å². The Hall–Kier alpha value is -1.74. The van der Waals surface area contributed by atoms with Gasteiger partial charge in [-0.15, -0.1) is 11.8 Å². The molecule has 0 unspecified atom stereocenters. The summed E-state index contributed by atoms with van der Waals surface area (Å²) < 4.78 is 0. The van der Waals surface area contributed by atoms with Crippen molar-refractivity contribution in [1.29, 1.82) is 0 Å². The summed E-state index contributed by atoms with van der Waals surface area (Å²) in [6, 6.07) is 20.1. The van der Waals surface area contributed by atoms with Crippen molar-refractivity contribution in [1.82, 2.24) is 5.32 Å². The lowest BCUT2D eigenvalue weighted by molar-refractivity contribution is -0.118. The van der Waals surface area contributed by atoms with Crippen molar-refractivity contribution in [3.05, 3.63) is 71.8 Å². The van der Waals surface area contributed by atoms with Gasteiger partial charge in [0.25, 0.3) is 0 Å². The largest absolute Gasteiger partial charge is 0.351 e. The molecule has 19 heavy (non-hydrogen) atoms. The highest BCUT2D eigenvalue weighted by molar-refractivity contribution is 7.99. The number of hydrogen-bond donors (Lipinski definition) is 1. The lowest BCUT2D eigenvalue weighted by Crippen LogP contribution is -2.24. The SMILES string of the molecule is O=C(CSCc1ccccc1)NCc1ccccc1. The van der Waals surface area contributed by atoms with Crippen LogP contribution in [0.2, 0.25) is 0 Å². The van der Waals surface area contributed by atoms with Crippen LogP contribution in [0.5, 0.6) is 0 Å². The van der Waals surface area contributed by atoms with Gasteiger partial charge in [0.05, 0.1) is 5.75 Å². The van der Waals surface area contributed by atoms with Crippen LogP contribution in [0.1, 0.15) is 11.1 Å². The summed E-state index contributed by atoms with van der Waals surface area (Å²) in [5, 5.41) is 2.93. The van der Waals surface area contributed by atoms with E-state index in [9.17, 15) is 4.79 Å². The molecular formula is C16H17NOS. The number of benzene rings is 2. The molecule has 0 atom stereocenters. The van der Waals surface area contributed by atoms with Gasteiger partial charge in [-0.25, -0.2) is 0 Å². The minimum absolute atomic E-state index is 0.0878. The first-order valence-electron chi connectivity index (χ1n) is 6.27. The first-order chi connectivity index (χ1) is 9.34. The summed E-state index contributed by atoms with van der Waals surface area (Å²) in [6.07, 6.45) is 0. The molecule has 0 aliphatic carbocycles. The van der Waals surface area contributed by atoms with E-state index in [0.29, 0.717) is 12.3 Å². The van der Waals surface area contributed by atoms with Crippen molar-refractivity contribution in [2.75, 3.05) is 5.75 Å². The second-order valence-electron chi connectivity index (χ2n) is 4.24. The Kier molecular flexibility index (Phi) is 5.50. The van der Waals surface area contributed by atoms with Gasteiger partial charge in [0.1, 0.15) is 0 Å². The van der Waals surface area contributed by atoms with Crippen molar-refractivity contribution in [3.63, 3.8) is 0 Å². The Balaban J connectivity index is 1.65. The van der Waals surface area contributed by atoms with Crippen LogP contribution in [-0.2, 0) is 17.1 Å². The maximum Gasteiger partial charge on any atom is 0.230 e. The highest BCUT2D eigenvalue weighted by Crippen LogP contribution is 2.11. The van der Waals surface area contributed by atoms with Gasteiger partial charge in [0, 0.05) is 12.3 Å². The van der Waals surface area contributed by atoms with Gasteiger partial charge in [-0.2, -0.15) is 0 Å². The van der Waals surface area contributed by atoms with E-state index in [1.807, 2.05) is 48.5 Å². The zero-order chi connectivity index (χ0) is 13.3. The second kappa shape index (κ2) is 7.64. The molecule has 0 aliphatic rings. The molecule has 0 aromatic heterocycles. The van der Waals surface area contributed by atoms with E-state index < -0.39 is 0 Å². The Morgan fingerprint density at radius 3 is 2.11 bits per heavy atom. The van der Waals surface area contributed by atoms with E-state index in [1.165, 1.54) is 5.56 Å². The number of carbonyl (C=O) groups is 1. The van der Waals surface area contributed by atoms with Gasteiger partial charge in [-0.05, 0) is 11.1 Å². The van der Waals surface area contributed by atoms with E-state index >= 15 is 0 Å². The number of carbonyl (C=O) groups excluding carboxylic acids is 1. The van der Waals surface area contributed by atoms with E-state index in [0.717, 1.165) is 11.3 Å². The van der Waals surface area contributed by atoms with Crippen LogP contribution in [0.4, 0.5) is 0 Å². The third-order valence-corrected chi connectivity index (χ3v) is 3.68. The predicted octanol–water partition coefficient (Wildman–Crippen LogP) is 3.24. The maximum absolute atomic E-state index is 11.7. The molecular weight excluding hydrogens is 254 g/mol. The summed E-state index contributed by atoms with van der Waals surface area (Å²) >= 11 is 1.64. The maximum atomic E-state index is 11.7. The van der Waals surface area contributed by atoms with E-state index in [4.69, 9.17) is 0 Å². The number of nitrogens with one attached hydrogen (secondary N) is 1. The van der Waals surface area contributed by atoms with Gasteiger partial charge in [0.15, 0.2) is 0 Å². The molecule has 2 nitrogen and oxygen atoms in total. The Morgan fingerprint density at radius 2 is 1.47 bits per heavy atom. The van der Waals surface area contributed by atoms with Crippen LogP contribution in [0.3, 0.4) is 0 Å². The minimum atomic E-state index is 0.0878. The summed E-state index contributed by atoms with van der Waals surface area (Å²) in [5.74, 6) is 1.46. The van der Waals surface area contributed by atoms with Crippen molar-refractivity contribution < 1.29 is 4.79 Å². The number of rotatable bonds is 6. The van der Waals surface area contributed by atoms with Gasteiger partial charge >= 0.3 is 0 Å². The van der Waals surface area contributed by atoms with Gasteiger partial charge < -0.3 is 5.32 Å². The molecule has 3 heteroatoms. The molecule has 0 radical (unpaired) electrons. The lowest BCUT2D eigenvalue weighted by Gasteiger charge is -2.05. The molecule has 0 saturated heterocycles. The normalized spacial score (nSPS) is 10.1. The minimum Gasteiger partial charge on any atom is -0.351 e. The lowest BCUT2D eigenvalue weighted by atomic mass is 10.2. The molecule has 98 valence electrons. The molecule has 1 N–H and O–H groups in total. The number of thioether (sulfide) groups is 1.